The summed E-state index contributed by atoms with van der Waals surface area (Å²) >= 11 is 0. The van der Waals surface area contributed by atoms with Gasteiger partial charge >= 0.3 is 12.2 Å². The normalized spacial score (nSPS) is 23.4. The molecule has 7 nitrogen and oxygen atoms in total. The van der Waals surface area contributed by atoms with Crippen LogP contribution in [-0.2, 0) is 16.0 Å². The van der Waals surface area contributed by atoms with Gasteiger partial charge in [-0.15, -0.1) is 0 Å². The summed E-state index contributed by atoms with van der Waals surface area (Å²) in [6, 6.07) is 9.34. The Bertz CT molecular complexity index is 633. The van der Waals surface area contributed by atoms with Crippen molar-refractivity contribution < 1.29 is 24.2 Å². The maximum Gasteiger partial charge on any atom is 0.416 e. The number of likely N-dealkylation sites (tertiary alicyclic amines) is 1. The van der Waals surface area contributed by atoms with Gasteiger partial charge in [0.15, 0.2) is 0 Å². The number of hydrogen-bond donors (Lipinski definition) is 1. The smallest absolute Gasteiger partial charge is 0.416 e. The molecule has 7 heteroatoms. The lowest BCUT2D eigenvalue weighted by Gasteiger charge is -2.21. The fraction of sp³-hybridized carbons (Fsp3) is 0.471. The molecular weight excluding hydrogens is 312 g/mol. The molecule has 0 aliphatic carbocycles. The Balaban J connectivity index is 1.61. The second-order valence-corrected chi connectivity index (χ2v) is 6.27. The molecule has 0 radical (unpaired) electrons. The predicted octanol–water partition coefficient (Wildman–Crippen LogP) is 1.97. The minimum absolute atomic E-state index is 0.0422. The zero-order chi connectivity index (χ0) is 17.1. The fourth-order valence-electron chi connectivity index (χ4n) is 3.32. The molecule has 0 bridgehead atoms. The highest BCUT2D eigenvalue weighted by Crippen LogP contribution is 2.24. The van der Waals surface area contributed by atoms with Crippen molar-refractivity contribution in [3.63, 3.8) is 0 Å². The zero-order valence-corrected chi connectivity index (χ0v) is 13.3. The first-order chi connectivity index (χ1) is 11.5. The number of benzene rings is 1. The van der Waals surface area contributed by atoms with Crippen molar-refractivity contribution >= 4 is 18.1 Å². The molecule has 1 N–H and O–H groups in total. The summed E-state index contributed by atoms with van der Waals surface area (Å²) in [7, 11) is 0. The summed E-state index contributed by atoms with van der Waals surface area (Å²) in [5.74, 6) is -0.324. The van der Waals surface area contributed by atoms with Crippen LogP contribution in [0, 0.1) is 5.92 Å². The number of carbonyl (C=O) groups excluding carboxylic acids is 2. The Morgan fingerprint density at radius 1 is 1.25 bits per heavy atom. The van der Waals surface area contributed by atoms with Gasteiger partial charge in [0.1, 0.15) is 6.61 Å². The van der Waals surface area contributed by atoms with E-state index in [0.717, 1.165) is 5.56 Å². The SMILES string of the molecule is O=C(O)N1CC[C@@H](CC(=O)N2C(=O)OC[C@H]2Cc2ccccc2)C1. The van der Waals surface area contributed by atoms with Gasteiger partial charge in [0.2, 0.25) is 5.91 Å². The highest BCUT2D eigenvalue weighted by Gasteiger charge is 2.39. The maximum absolute atomic E-state index is 12.5. The van der Waals surface area contributed by atoms with Gasteiger partial charge in [-0.1, -0.05) is 30.3 Å². The van der Waals surface area contributed by atoms with E-state index >= 15 is 0 Å². The van der Waals surface area contributed by atoms with Gasteiger partial charge in [-0.2, -0.15) is 0 Å². The van der Waals surface area contributed by atoms with Gasteiger partial charge in [0.25, 0.3) is 0 Å². The molecule has 0 saturated carbocycles. The third-order valence-corrected chi connectivity index (χ3v) is 4.56. The Morgan fingerprint density at radius 2 is 2.00 bits per heavy atom. The van der Waals surface area contributed by atoms with E-state index in [0.29, 0.717) is 25.9 Å². The van der Waals surface area contributed by atoms with Crippen LogP contribution in [-0.4, -0.2) is 58.7 Å². The molecule has 2 fully saturated rings. The van der Waals surface area contributed by atoms with Crippen molar-refractivity contribution in [1.82, 2.24) is 9.80 Å². The maximum atomic E-state index is 12.5. The Kier molecular flexibility index (Phi) is 4.69. The molecule has 2 atom stereocenters. The van der Waals surface area contributed by atoms with Crippen molar-refractivity contribution in [1.29, 1.82) is 0 Å². The Morgan fingerprint density at radius 3 is 2.67 bits per heavy atom. The summed E-state index contributed by atoms with van der Waals surface area (Å²) in [6.45, 7) is 0.976. The van der Waals surface area contributed by atoms with E-state index in [1.165, 1.54) is 9.80 Å². The quantitative estimate of drug-likeness (QED) is 0.911. The van der Waals surface area contributed by atoms with Crippen LogP contribution in [0.2, 0.25) is 0 Å². The molecule has 2 aliphatic rings. The van der Waals surface area contributed by atoms with E-state index in [-0.39, 0.29) is 30.9 Å². The van der Waals surface area contributed by atoms with Crippen LogP contribution in [0.5, 0.6) is 0 Å². The Labute approximate surface area is 139 Å². The molecule has 1 aromatic carbocycles. The third kappa shape index (κ3) is 3.50. The Hall–Kier alpha value is -2.57. The standard InChI is InChI=1S/C17H20N2O5/c20-15(9-13-6-7-18(10-13)16(21)22)19-14(11-24-17(19)23)8-12-4-2-1-3-5-12/h1-5,13-14H,6-11H2,(H,21,22)/t13-,14+/m0/s1. The number of imide groups is 1. The van der Waals surface area contributed by atoms with Crippen LogP contribution in [0.3, 0.4) is 0 Å². The molecule has 0 aromatic heterocycles. The predicted molar refractivity (Wildman–Crippen MR) is 84.4 cm³/mol. The van der Waals surface area contributed by atoms with Crippen molar-refractivity contribution in [3.8, 4) is 0 Å². The van der Waals surface area contributed by atoms with Gasteiger partial charge in [0.05, 0.1) is 6.04 Å². The van der Waals surface area contributed by atoms with Gasteiger partial charge < -0.3 is 14.7 Å². The van der Waals surface area contributed by atoms with Gasteiger partial charge in [-0.25, -0.2) is 14.5 Å². The van der Waals surface area contributed by atoms with E-state index in [1.54, 1.807) is 0 Å². The first-order valence-corrected chi connectivity index (χ1v) is 8.05. The molecule has 2 heterocycles. The number of carbonyl (C=O) groups is 3. The summed E-state index contributed by atoms with van der Waals surface area (Å²) in [6.07, 6.45) is -0.194. The number of nitrogens with zero attached hydrogens (tertiary/aromatic N) is 2. The second kappa shape index (κ2) is 6.90. The average molecular weight is 332 g/mol. The van der Waals surface area contributed by atoms with Crippen molar-refractivity contribution in [2.24, 2.45) is 5.92 Å². The van der Waals surface area contributed by atoms with Gasteiger partial charge in [-0.3, -0.25) is 4.79 Å². The third-order valence-electron chi connectivity index (χ3n) is 4.56. The van der Waals surface area contributed by atoms with E-state index in [1.807, 2.05) is 30.3 Å². The number of rotatable bonds is 4. The number of ether oxygens (including phenoxy) is 1. The highest BCUT2D eigenvalue weighted by molar-refractivity contribution is 5.93. The summed E-state index contributed by atoms with van der Waals surface area (Å²) < 4.78 is 5.06. The van der Waals surface area contributed by atoms with Crippen molar-refractivity contribution in [3.05, 3.63) is 35.9 Å². The van der Waals surface area contributed by atoms with Crippen LogP contribution in [0.15, 0.2) is 30.3 Å². The molecule has 2 aliphatic heterocycles. The first-order valence-electron chi connectivity index (χ1n) is 8.05. The fourth-order valence-corrected chi connectivity index (χ4v) is 3.32. The number of amides is 3. The van der Waals surface area contributed by atoms with E-state index in [2.05, 4.69) is 0 Å². The lowest BCUT2D eigenvalue weighted by Crippen LogP contribution is -2.41. The molecule has 128 valence electrons. The van der Waals surface area contributed by atoms with E-state index < -0.39 is 12.2 Å². The number of carboxylic acid groups (broad SMARTS) is 1. The van der Waals surface area contributed by atoms with Crippen LogP contribution in [0.25, 0.3) is 0 Å². The lowest BCUT2D eigenvalue weighted by molar-refractivity contribution is -0.130. The minimum atomic E-state index is -0.965. The zero-order valence-electron chi connectivity index (χ0n) is 13.3. The van der Waals surface area contributed by atoms with Crippen LogP contribution >= 0.6 is 0 Å². The van der Waals surface area contributed by atoms with Crippen LogP contribution < -0.4 is 0 Å². The van der Waals surface area contributed by atoms with E-state index in [9.17, 15) is 14.4 Å². The van der Waals surface area contributed by atoms with Gasteiger partial charge in [0, 0.05) is 19.5 Å². The number of cyclic esters (lactones) is 1. The van der Waals surface area contributed by atoms with Crippen LogP contribution in [0.1, 0.15) is 18.4 Å². The molecule has 0 unspecified atom stereocenters. The topological polar surface area (TPSA) is 87.2 Å². The summed E-state index contributed by atoms with van der Waals surface area (Å²) in [4.78, 5) is 38.0. The second-order valence-electron chi connectivity index (χ2n) is 6.27. The minimum Gasteiger partial charge on any atom is -0.465 e. The molecule has 1 aromatic rings. The monoisotopic (exact) mass is 332 g/mol. The lowest BCUT2D eigenvalue weighted by atomic mass is 10.0. The first kappa shape index (κ1) is 16.3. The van der Waals surface area contributed by atoms with Crippen molar-refractivity contribution in [2.45, 2.75) is 25.3 Å². The molecular formula is C17H20N2O5. The van der Waals surface area contributed by atoms with E-state index in [4.69, 9.17) is 9.84 Å². The molecule has 3 amide bonds. The van der Waals surface area contributed by atoms with Crippen LogP contribution in [0.4, 0.5) is 9.59 Å². The molecule has 3 rings (SSSR count). The number of hydrogen-bond acceptors (Lipinski definition) is 4. The molecule has 0 spiro atoms. The van der Waals surface area contributed by atoms with Crippen molar-refractivity contribution in [2.75, 3.05) is 19.7 Å². The molecule has 24 heavy (non-hydrogen) atoms. The summed E-state index contributed by atoms with van der Waals surface area (Å²) in [5, 5.41) is 8.98. The largest absolute Gasteiger partial charge is 0.465 e. The highest BCUT2D eigenvalue weighted by atomic mass is 16.6. The summed E-state index contributed by atoms with van der Waals surface area (Å²) in [5.41, 5.74) is 1.04. The molecule has 2 saturated heterocycles. The van der Waals surface area contributed by atoms with Gasteiger partial charge in [-0.05, 0) is 24.3 Å². The average Bonchev–Trinajstić information content (AvgIpc) is 3.15.